The molecule has 6 nitrogen and oxygen atoms in total. The van der Waals surface area contributed by atoms with Crippen molar-refractivity contribution >= 4 is 14.6 Å². The number of hydrogen-bond acceptors (Lipinski definition) is 6. The second-order valence-corrected chi connectivity index (χ2v) is 10.8. The summed E-state index contributed by atoms with van der Waals surface area (Å²) < 4.78 is 16.0. The molecule has 0 aromatic rings. The van der Waals surface area contributed by atoms with Crippen molar-refractivity contribution in [3.05, 3.63) is 0 Å². The van der Waals surface area contributed by atoms with Crippen LogP contribution in [-0.2, 0) is 18.6 Å². The Kier molecular flexibility index (Phi) is 28.1. The molecule has 0 aromatic heterocycles. The third-order valence-electron chi connectivity index (χ3n) is 6.36. The molecule has 0 heterocycles. The highest BCUT2D eigenvalue weighted by molar-refractivity contribution is 7.40. The number of rotatable bonds is 28. The van der Waals surface area contributed by atoms with Gasteiger partial charge >= 0.3 is 14.6 Å². The number of carbonyl (C=O) groups is 1. The minimum Gasteiger partial charge on any atom is -0.460 e. The van der Waals surface area contributed by atoms with Gasteiger partial charge in [0.1, 0.15) is 6.10 Å². The Morgan fingerprint density at radius 2 is 1.20 bits per heavy atom. The third kappa shape index (κ3) is 28.2. The maximum absolute atomic E-state index is 11.4. The highest BCUT2D eigenvalue weighted by Crippen LogP contribution is 2.33. The predicted molar refractivity (Wildman–Crippen MR) is 149 cm³/mol. The van der Waals surface area contributed by atoms with Gasteiger partial charge in [0.05, 0.1) is 13.2 Å². The quantitative estimate of drug-likeness (QED) is 0.0616. The van der Waals surface area contributed by atoms with E-state index in [0.717, 1.165) is 32.2 Å². The van der Waals surface area contributed by atoms with Crippen LogP contribution in [-0.4, -0.2) is 43.8 Å². The van der Waals surface area contributed by atoms with E-state index >= 15 is 0 Å². The molecule has 2 unspecified atom stereocenters. The molecule has 0 rings (SSSR count). The van der Waals surface area contributed by atoms with Crippen molar-refractivity contribution in [3.63, 3.8) is 0 Å². The predicted octanol–water partition coefficient (Wildman–Crippen LogP) is 8.21. The van der Waals surface area contributed by atoms with Crippen molar-refractivity contribution < 1.29 is 23.5 Å². The molecule has 0 radical (unpaired) electrons. The van der Waals surface area contributed by atoms with E-state index in [9.17, 15) is 9.69 Å². The summed E-state index contributed by atoms with van der Waals surface area (Å²) in [4.78, 5) is 21.2. The normalized spacial score (nSPS) is 13.1. The fourth-order valence-electron chi connectivity index (χ4n) is 4.26. The summed E-state index contributed by atoms with van der Waals surface area (Å²) in [5.74, 6) is -0.307. The number of unbranched alkanes of at least 4 members (excludes halogenated alkanes) is 17. The minimum absolute atomic E-state index is 0.187. The number of esters is 1. The molecule has 2 N–H and O–H groups in total. The van der Waals surface area contributed by atoms with E-state index in [2.05, 4.69) is 12.2 Å². The van der Waals surface area contributed by atoms with Crippen LogP contribution in [0.4, 0.5) is 0 Å². The maximum Gasteiger partial charge on any atom is 0.329 e. The van der Waals surface area contributed by atoms with E-state index in [0.29, 0.717) is 6.61 Å². The van der Waals surface area contributed by atoms with E-state index in [1.807, 2.05) is 7.05 Å². The second kappa shape index (κ2) is 28.3. The van der Waals surface area contributed by atoms with E-state index < -0.39 is 8.60 Å². The van der Waals surface area contributed by atoms with Gasteiger partial charge in [-0.3, -0.25) is 4.79 Å². The molecule has 0 saturated heterocycles. The van der Waals surface area contributed by atoms with Crippen LogP contribution >= 0.6 is 8.60 Å². The lowest BCUT2D eigenvalue weighted by molar-refractivity contribution is -0.148. The summed E-state index contributed by atoms with van der Waals surface area (Å²) in [6, 6.07) is 0. The van der Waals surface area contributed by atoms with Gasteiger partial charge in [0.15, 0.2) is 0 Å². The highest BCUT2D eigenvalue weighted by Gasteiger charge is 2.16. The molecule has 0 aromatic carbocycles. The first kappa shape index (κ1) is 34.7. The standard InChI is InChI=1S/C28H58NO5P/c1-4-5-6-7-8-9-10-11-12-13-14-15-16-17-18-19-20-21-23-28(34-27(2)30)26-33-35(31)32-25-22-24-29-3/h28-29,31H,4-26H2,1-3H3. The molecule has 0 amide bonds. The van der Waals surface area contributed by atoms with Crippen molar-refractivity contribution in [1.82, 2.24) is 5.32 Å². The van der Waals surface area contributed by atoms with E-state index in [1.54, 1.807) is 0 Å². The number of carbonyl (C=O) groups excluding carboxylic acids is 1. The lowest BCUT2D eigenvalue weighted by Crippen LogP contribution is -2.21. The first-order valence-corrected chi connectivity index (χ1v) is 15.8. The number of ether oxygens (including phenoxy) is 1. The van der Waals surface area contributed by atoms with Crippen molar-refractivity contribution in [2.24, 2.45) is 0 Å². The lowest BCUT2D eigenvalue weighted by atomic mass is 10.0. The number of nitrogens with one attached hydrogen (secondary N) is 1. The summed E-state index contributed by atoms with van der Waals surface area (Å²) in [6.45, 7) is 5.16. The first-order chi connectivity index (χ1) is 17.1. The zero-order valence-electron chi connectivity index (χ0n) is 23.4. The van der Waals surface area contributed by atoms with Gasteiger partial charge in [-0.2, -0.15) is 0 Å². The van der Waals surface area contributed by atoms with Crippen molar-refractivity contribution in [1.29, 1.82) is 0 Å². The van der Waals surface area contributed by atoms with Crippen LogP contribution in [0.25, 0.3) is 0 Å². The molecule has 0 spiro atoms. The molecule has 2 atom stereocenters. The van der Waals surface area contributed by atoms with Gasteiger partial charge in [-0.25, -0.2) is 0 Å². The van der Waals surface area contributed by atoms with Crippen LogP contribution in [0.1, 0.15) is 142 Å². The van der Waals surface area contributed by atoms with Crippen LogP contribution in [0.3, 0.4) is 0 Å². The SMILES string of the molecule is CCCCCCCCCCCCCCCCCCCCC(COP(O)OCCCNC)OC(C)=O. The van der Waals surface area contributed by atoms with E-state index in [1.165, 1.54) is 110 Å². The Morgan fingerprint density at radius 3 is 1.63 bits per heavy atom. The van der Waals surface area contributed by atoms with Crippen LogP contribution in [0, 0.1) is 0 Å². The average Bonchev–Trinajstić information content (AvgIpc) is 2.84. The molecule has 0 fully saturated rings. The van der Waals surface area contributed by atoms with Gasteiger partial charge in [-0.15, -0.1) is 0 Å². The Hall–Kier alpha value is -0.260. The first-order valence-electron chi connectivity index (χ1n) is 14.7. The largest absolute Gasteiger partial charge is 0.460 e. The maximum atomic E-state index is 11.4. The van der Waals surface area contributed by atoms with E-state index in [-0.39, 0.29) is 18.7 Å². The molecule has 7 heteroatoms. The summed E-state index contributed by atoms with van der Waals surface area (Å²) in [6.07, 6.45) is 25.6. The monoisotopic (exact) mass is 519 g/mol. The van der Waals surface area contributed by atoms with Crippen LogP contribution in [0.15, 0.2) is 0 Å². The molecule has 0 saturated carbocycles. The lowest BCUT2D eigenvalue weighted by Gasteiger charge is -2.18. The fourth-order valence-corrected chi connectivity index (χ4v) is 4.91. The topological polar surface area (TPSA) is 77.0 Å². The molecule has 35 heavy (non-hydrogen) atoms. The zero-order valence-corrected chi connectivity index (χ0v) is 24.3. The molecule has 0 aliphatic heterocycles. The average molecular weight is 520 g/mol. The number of hydrogen-bond donors (Lipinski definition) is 2. The fraction of sp³-hybridized carbons (Fsp3) is 0.964. The van der Waals surface area contributed by atoms with Crippen LogP contribution in [0.5, 0.6) is 0 Å². The Bertz CT molecular complexity index is 442. The molecular weight excluding hydrogens is 461 g/mol. The van der Waals surface area contributed by atoms with Gasteiger partial charge in [0.2, 0.25) is 0 Å². The highest BCUT2D eigenvalue weighted by atomic mass is 31.2. The Labute approximate surface area is 218 Å². The van der Waals surface area contributed by atoms with Gasteiger partial charge < -0.3 is 24.0 Å². The zero-order chi connectivity index (χ0) is 25.8. The Balaban J connectivity index is 3.52. The second-order valence-electron chi connectivity index (χ2n) is 9.85. The summed E-state index contributed by atoms with van der Waals surface area (Å²) >= 11 is 0. The van der Waals surface area contributed by atoms with Gasteiger partial charge in [-0.1, -0.05) is 116 Å². The molecule has 0 aliphatic rings. The Morgan fingerprint density at radius 1 is 0.743 bits per heavy atom. The van der Waals surface area contributed by atoms with Gasteiger partial charge in [-0.05, 0) is 32.9 Å². The van der Waals surface area contributed by atoms with Crippen LogP contribution in [0.2, 0.25) is 0 Å². The summed E-state index contributed by atoms with van der Waals surface area (Å²) in [7, 11) is -0.0376. The van der Waals surface area contributed by atoms with Crippen molar-refractivity contribution in [3.8, 4) is 0 Å². The van der Waals surface area contributed by atoms with Gasteiger partial charge in [0, 0.05) is 6.92 Å². The molecule has 0 bridgehead atoms. The smallest absolute Gasteiger partial charge is 0.329 e. The van der Waals surface area contributed by atoms with Crippen LogP contribution < -0.4 is 5.32 Å². The van der Waals surface area contributed by atoms with Gasteiger partial charge in [0.25, 0.3) is 0 Å². The van der Waals surface area contributed by atoms with Crippen molar-refractivity contribution in [2.75, 3.05) is 26.8 Å². The summed E-state index contributed by atoms with van der Waals surface area (Å²) in [5, 5.41) is 3.03. The molecule has 210 valence electrons. The third-order valence-corrected chi connectivity index (χ3v) is 7.13. The molecular formula is C28H58NO5P. The minimum atomic E-state index is -1.91. The van der Waals surface area contributed by atoms with E-state index in [4.69, 9.17) is 13.8 Å². The summed E-state index contributed by atoms with van der Waals surface area (Å²) in [5.41, 5.74) is 0. The molecule has 0 aliphatic carbocycles. The van der Waals surface area contributed by atoms with Crippen molar-refractivity contribution in [2.45, 2.75) is 148 Å².